The summed E-state index contributed by atoms with van der Waals surface area (Å²) in [7, 11) is -1.38. The number of likely N-dealkylation sites (tertiary alicyclic amines) is 4. The van der Waals surface area contributed by atoms with Crippen LogP contribution in [0.2, 0.25) is 0 Å². The minimum Gasteiger partial charge on any atom is -0.508 e. The number of phenols is 1. The molecule has 760 valence electrons. The van der Waals surface area contributed by atoms with Crippen molar-refractivity contribution < 1.29 is 103 Å². The van der Waals surface area contributed by atoms with E-state index < -0.39 is 98.4 Å². The number of imidazole rings is 1. The summed E-state index contributed by atoms with van der Waals surface area (Å²) in [6.07, 6.45) is -6.44. The molecule has 141 heavy (non-hydrogen) atoms. The lowest BCUT2D eigenvalue weighted by Gasteiger charge is -2.41. The number of rotatable bonds is 29. The Kier molecular flexibility index (Phi) is 38.9. The van der Waals surface area contributed by atoms with Crippen LogP contribution in [-0.2, 0) is 74.3 Å². The van der Waals surface area contributed by atoms with Crippen LogP contribution in [0.4, 0.5) is 108 Å². The molecule has 2 unspecified atom stereocenters. The molecule has 4 fully saturated rings. The molecule has 4 aliphatic heterocycles. The maximum absolute atomic E-state index is 13.9. The zero-order valence-corrected chi connectivity index (χ0v) is 79.8. The Balaban J connectivity index is 0.000000180. The number of urea groups is 4. The van der Waals surface area contributed by atoms with Gasteiger partial charge in [-0.25, -0.2) is 45.8 Å². The largest absolute Gasteiger partial charge is 0.508 e. The van der Waals surface area contributed by atoms with E-state index in [0.29, 0.717) is 108 Å². The van der Waals surface area contributed by atoms with Crippen LogP contribution >= 0.6 is 0 Å². The molecule has 8 aromatic carbocycles. The fourth-order valence-corrected chi connectivity index (χ4v) is 18.5. The number of unbranched alkanes of at least 4 members (excludes halogenated alkanes) is 1. The quantitative estimate of drug-likeness (QED) is 0.0217. The van der Waals surface area contributed by atoms with E-state index in [1.54, 1.807) is 44.1 Å². The number of carbonyl (C=O) groups excluding carboxylic acids is 4. The molecular formula is C103H119F15N14O8S. The van der Waals surface area contributed by atoms with E-state index in [4.69, 9.17) is 4.42 Å². The van der Waals surface area contributed by atoms with Crippen molar-refractivity contribution in [1.29, 1.82) is 0 Å². The molecule has 5 N–H and O–H groups in total. The number of nitrogens with zero attached hydrogens (tertiary/aromatic N) is 10. The second-order valence-electron chi connectivity index (χ2n) is 35.7. The van der Waals surface area contributed by atoms with Crippen LogP contribution < -0.4 is 21.3 Å². The second-order valence-corrected chi connectivity index (χ2v) is 37.8. The molecule has 22 nitrogen and oxygen atoms in total. The molecule has 0 bridgehead atoms. The summed E-state index contributed by atoms with van der Waals surface area (Å²) in [6.45, 7) is 20.2. The summed E-state index contributed by atoms with van der Waals surface area (Å²) in [5, 5.41) is 20.8. The van der Waals surface area contributed by atoms with Gasteiger partial charge in [-0.3, -0.25) is 14.7 Å². The third-order valence-electron chi connectivity index (χ3n) is 25.4. The summed E-state index contributed by atoms with van der Waals surface area (Å²) >= 11 is 0. The predicted octanol–water partition coefficient (Wildman–Crippen LogP) is 24.1. The molecule has 8 amide bonds. The molecule has 0 radical (unpaired) electrons. The average Bonchev–Trinajstić information content (AvgIpc) is 1.36. The van der Waals surface area contributed by atoms with E-state index in [9.17, 15) is 98.6 Å². The monoisotopic (exact) mass is 2000 g/mol. The zero-order chi connectivity index (χ0) is 102. The maximum Gasteiger partial charge on any atom is 0.416 e. The first-order chi connectivity index (χ1) is 66.9. The third-order valence-corrected chi connectivity index (χ3v) is 26.8. The number of furan rings is 1. The van der Waals surface area contributed by atoms with Crippen LogP contribution in [0.25, 0.3) is 0 Å². The molecule has 6 heterocycles. The molecular weight excluding hydrogens is 1880 g/mol. The van der Waals surface area contributed by atoms with Crippen molar-refractivity contribution in [2.75, 3.05) is 85.9 Å². The zero-order valence-electron chi connectivity index (χ0n) is 79.0. The molecule has 2 aromatic heterocycles. The van der Waals surface area contributed by atoms with Crippen molar-refractivity contribution in [3.8, 4) is 5.75 Å². The number of aromatic nitrogens is 2. The van der Waals surface area contributed by atoms with Crippen molar-refractivity contribution in [2.24, 2.45) is 7.05 Å². The lowest BCUT2D eigenvalue weighted by molar-refractivity contribution is -0.138. The smallest absolute Gasteiger partial charge is 0.416 e. The number of anilines is 4. The van der Waals surface area contributed by atoms with Crippen molar-refractivity contribution in [3.63, 3.8) is 0 Å². The Morgan fingerprint density at radius 3 is 1.26 bits per heavy atom. The highest BCUT2D eigenvalue weighted by Crippen LogP contribution is 2.39. The van der Waals surface area contributed by atoms with Crippen LogP contribution in [0.3, 0.4) is 0 Å². The van der Waals surface area contributed by atoms with Crippen LogP contribution in [0.1, 0.15) is 166 Å². The van der Waals surface area contributed by atoms with E-state index in [1.807, 2.05) is 134 Å². The van der Waals surface area contributed by atoms with Crippen LogP contribution in [0.5, 0.6) is 5.75 Å². The van der Waals surface area contributed by atoms with E-state index in [1.165, 1.54) is 12.1 Å². The Labute approximate surface area is 811 Å². The first kappa shape index (κ1) is 109. The van der Waals surface area contributed by atoms with E-state index in [-0.39, 0.29) is 77.6 Å². The fraction of sp³-hybridized carbons (Fsp3) is 0.408. The first-order valence-electron chi connectivity index (χ1n) is 46.7. The molecule has 10 aromatic rings. The topological polar surface area (TPSA) is 228 Å². The molecule has 2 atom stereocenters. The number of aryl methyl sites for hydroxylation is 2. The van der Waals surface area contributed by atoms with Gasteiger partial charge in [-0.15, -0.1) is 0 Å². The summed E-state index contributed by atoms with van der Waals surface area (Å²) in [5.74, 6) is -1.31. The number of halogens is 15. The van der Waals surface area contributed by atoms with Crippen LogP contribution in [-0.4, -0.2) is 181 Å². The summed E-state index contributed by atoms with van der Waals surface area (Å²) in [4.78, 5) is 72.8. The van der Waals surface area contributed by atoms with Gasteiger partial charge in [-0.2, -0.15) is 52.7 Å². The average molecular weight is 2000 g/mol. The van der Waals surface area contributed by atoms with Gasteiger partial charge in [0.1, 0.15) is 34.7 Å². The molecule has 14 rings (SSSR count). The number of alkyl halides is 12. The normalized spacial score (nSPS) is 15.7. The van der Waals surface area contributed by atoms with Crippen molar-refractivity contribution >= 4 is 56.7 Å². The van der Waals surface area contributed by atoms with E-state index in [2.05, 4.69) is 73.2 Å². The maximum atomic E-state index is 13.9. The van der Waals surface area contributed by atoms with Gasteiger partial charge < -0.3 is 59.9 Å². The highest BCUT2D eigenvalue weighted by Gasteiger charge is 2.40. The van der Waals surface area contributed by atoms with E-state index in [0.717, 1.165) is 165 Å². The van der Waals surface area contributed by atoms with Gasteiger partial charge in [0.15, 0.2) is 9.84 Å². The first-order valence-corrected chi connectivity index (χ1v) is 48.4. The second kappa shape index (κ2) is 50.3. The van der Waals surface area contributed by atoms with Gasteiger partial charge in [0, 0.05) is 163 Å². The van der Waals surface area contributed by atoms with Gasteiger partial charge in [0.25, 0.3) is 0 Å². The van der Waals surface area contributed by atoms with Gasteiger partial charge in [-0.1, -0.05) is 129 Å². The number of hydrogen-bond acceptors (Lipinski definition) is 13. The standard InChI is InChI=1S/C28H29F4N3O2.C26H27F4N3O2.C25H27F4N5O.C24H36F3N3O3S/c1-19(21-8-5-9-26(36)14-21)34-12-10-25(11-13-34)35(18-20-6-3-2-4-7-20)27(37)33-24-16-22(28(30,31)32)15-23(29)17-24;1-18-7-8-24(35-18)17-32-11-9-23(10-12-32)33(16-19-5-3-2-4-6-19)25(34)31-22-14-20(26(28,29)30)13-21(27)15-22;1-32-17-30-14-23(32)16-33-9-7-22(8-10-33)34(15-18-5-3-2-4-6-18)24(35)31-21-12-19(25(27,28)29)11-20(26)13-21;1-4-9-19(3)29-15-12-22(13-16-29)30(14-6-7-17-34(32,33)5-2)23(31)28-21-11-8-10-20(18-21)24(25,26)27/h2-9,14-17,19,25,36H,10-13,18H2,1H3,(H,33,37);2-8,13-15,23H,9-12,16-17H2,1H3,(H,31,34);2-6,11-14,17,22H,7-10,15-16H2,1H3,(H,31,35);5,8,10-11,18-19,22H,2,4,6-7,9,12-17H2,1,3H3,(H,28,31). The number of nitrogens with one attached hydrogen (secondary N) is 4. The SMILES string of the molecule is C=CS(=O)(=O)CCCCN(C(=O)Nc1cccc(C(F)(F)F)c1)C1CCN(C(C)CCC)CC1.CC(c1cccc(O)c1)N1CCC(N(Cc2ccccc2)C(=O)Nc2cc(F)cc(C(F)(F)F)c2)CC1.Cc1ccc(CN2CCC(N(Cc3ccccc3)C(=O)Nc3cc(F)cc(C(F)(F)F)c3)CC2)o1.Cn1cncc1CN1CCC(N(Cc2ccccc2)C(=O)Nc2cc(F)cc(C(F)(F)F)c2)CC1. The number of hydrogen-bond donors (Lipinski definition) is 5. The molecule has 4 aliphatic rings. The fourth-order valence-electron chi connectivity index (χ4n) is 17.7. The number of piperidine rings is 4. The minimum atomic E-state index is -4.73. The highest BCUT2D eigenvalue weighted by molar-refractivity contribution is 7.94. The third kappa shape index (κ3) is 33.6. The van der Waals surface area contributed by atoms with Gasteiger partial charge >= 0.3 is 48.8 Å². The summed E-state index contributed by atoms with van der Waals surface area (Å²) in [5.41, 5.74) is -0.160. The molecule has 0 saturated carbocycles. The Morgan fingerprint density at radius 2 is 0.865 bits per heavy atom. The lowest BCUT2D eigenvalue weighted by atomic mass is 9.98. The molecule has 0 spiro atoms. The molecule has 38 heteroatoms. The van der Waals surface area contributed by atoms with Gasteiger partial charge in [0.2, 0.25) is 0 Å². The molecule has 0 aliphatic carbocycles. The molecule has 4 saturated heterocycles. The summed E-state index contributed by atoms with van der Waals surface area (Å²) in [6, 6.07) is 47.7. The highest BCUT2D eigenvalue weighted by atomic mass is 32.2. The van der Waals surface area contributed by atoms with Crippen molar-refractivity contribution in [1.82, 2.24) is 48.8 Å². The minimum absolute atomic E-state index is 0.0490. The number of sulfone groups is 1. The van der Waals surface area contributed by atoms with Gasteiger partial charge in [0.05, 0.1) is 46.6 Å². The Morgan fingerprint density at radius 1 is 0.475 bits per heavy atom. The van der Waals surface area contributed by atoms with Crippen LogP contribution in [0.15, 0.2) is 235 Å². The Bertz CT molecular complexity index is 5810. The van der Waals surface area contributed by atoms with Crippen LogP contribution in [0, 0.1) is 24.4 Å². The van der Waals surface area contributed by atoms with Crippen molar-refractivity contribution in [3.05, 3.63) is 310 Å². The number of aromatic hydroxyl groups is 1. The number of carbonyl (C=O) groups is 4. The predicted molar refractivity (Wildman–Crippen MR) is 511 cm³/mol. The summed E-state index contributed by atoms with van der Waals surface area (Å²) < 4.78 is 230. The lowest BCUT2D eigenvalue weighted by Crippen LogP contribution is -2.50. The number of amides is 8. The van der Waals surface area contributed by atoms with E-state index >= 15 is 0 Å². The number of benzene rings is 8. The van der Waals surface area contributed by atoms with Crippen molar-refractivity contribution in [2.45, 2.75) is 198 Å². The Hall–Kier alpha value is -12.4. The number of phenolic OH excluding ortho intramolecular Hbond substituents is 1. The van der Waals surface area contributed by atoms with Gasteiger partial charge in [-0.05, 0) is 211 Å².